The van der Waals surface area contributed by atoms with Gasteiger partial charge in [-0.15, -0.1) is 13.2 Å². The van der Waals surface area contributed by atoms with E-state index in [1.54, 1.807) is 0 Å². The topological polar surface area (TPSA) is 53.3 Å². The van der Waals surface area contributed by atoms with Crippen molar-refractivity contribution in [2.75, 3.05) is 4.90 Å². The van der Waals surface area contributed by atoms with Gasteiger partial charge < -0.3 is 9.64 Å². The molecule has 0 aliphatic rings. The van der Waals surface area contributed by atoms with Crippen molar-refractivity contribution in [1.82, 2.24) is 0 Å². The molecule has 0 saturated heterocycles. The summed E-state index contributed by atoms with van der Waals surface area (Å²) in [5.74, 6) is -1.30. The second-order valence-corrected chi connectivity index (χ2v) is 6.09. The number of unbranched alkanes of at least 4 members (excludes halogenated alkanes) is 1. The number of rotatable bonds is 7. The molecule has 0 aliphatic carbocycles. The molecule has 0 atom stereocenters. The van der Waals surface area contributed by atoms with Crippen molar-refractivity contribution in [3.63, 3.8) is 0 Å². The zero-order valence-electron chi connectivity index (χ0n) is 15.1. The van der Waals surface area contributed by atoms with Gasteiger partial charge in [-0.2, -0.15) is 5.26 Å². The van der Waals surface area contributed by atoms with Gasteiger partial charge in [0.1, 0.15) is 11.6 Å². The molecule has 28 heavy (non-hydrogen) atoms. The summed E-state index contributed by atoms with van der Waals surface area (Å²) in [6.07, 6.45) is -3.15. The Bertz CT molecular complexity index is 858. The van der Waals surface area contributed by atoms with Gasteiger partial charge in [0.25, 0.3) is 0 Å². The minimum atomic E-state index is -4.79. The molecular weight excluding hydrogens is 376 g/mol. The summed E-state index contributed by atoms with van der Waals surface area (Å²) in [6, 6.07) is 10.5. The third-order valence-electron chi connectivity index (χ3n) is 3.87. The van der Waals surface area contributed by atoms with Crippen LogP contribution in [-0.2, 0) is 11.3 Å². The second kappa shape index (κ2) is 9.22. The molecular formula is C20H18F4N2O2. The third-order valence-corrected chi connectivity index (χ3v) is 3.87. The van der Waals surface area contributed by atoms with Crippen LogP contribution >= 0.6 is 0 Å². The average Bonchev–Trinajstić information content (AvgIpc) is 2.63. The number of hydrogen-bond donors (Lipinski definition) is 0. The lowest BCUT2D eigenvalue weighted by molar-refractivity contribution is -0.274. The Labute approximate surface area is 159 Å². The van der Waals surface area contributed by atoms with E-state index in [0.717, 1.165) is 30.7 Å². The van der Waals surface area contributed by atoms with E-state index in [4.69, 9.17) is 5.26 Å². The largest absolute Gasteiger partial charge is 0.573 e. The van der Waals surface area contributed by atoms with Gasteiger partial charge in [-0.25, -0.2) is 4.39 Å². The maximum Gasteiger partial charge on any atom is 0.573 e. The highest BCUT2D eigenvalue weighted by molar-refractivity contribution is 5.93. The predicted octanol–water partition coefficient (Wildman–Crippen LogP) is 5.32. The molecule has 2 aromatic rings. The van der Waals surface area contributed by atoms with Crippen molar-refractivity contribution in [2.45, 2.75) is 39.1 Å². The van der Waals surface area contributed by atoms with Crippen molar-refractivity contribution in [3.8, 4) is 11.8 Å². The maximum absolute atomic E-state index is 13.8. The van der Waals surface area contributed by atoms with Crippen LogP contribution in [0.25, 0.3) is 0 Å². The summed E-state index contributed by atoms with van der Waals surface area (Å²) in [6.45, 7) is 1.94. The van der Waals surface area contributed by atoms with E-state index < -0.39 is 12.2 Å². The van der Waals surface area contributed by atoms with E-state index in [-0.39, 0.29) is 35.9 Å². The van der Waals surface area contributed by atoms with Crippen molar-refractivity contribution in [2.24, 2.45) is 0 Å². The molecule has 0 radical (unpaired) electrons. The van der Waals surface area contributed by atoms with E-state index in [9.17, 15) is 22.4 Å². The molecule has 0 unspecified atom stereocenters. The summed E-state index contributed by atoms with van der Waals surface area (Å²) in [7, 11) is 0. The predicted molar refractivity (Wildman–Crippen MR) is 95.0 cm³/mol. The minimum Gasteiger partial charge on any atom is -0.406 e. The number of benzene rings is 2. The van der Waals surface area contributed by atoms with Crippen LogP contribution in [0.2, 0.25) is 0 Å². The van der Waals surface area contributed by atoms with E-state index in [1.807, 2.05) is 13.0 Å². The number of hydrogen-bond acceptors (Lipinski definition) is 3. The summed E-state index contributed by atoms with van der Waals surface area (Å²) < 4.78 is 54.5. The van der Waals surface area contributed by atoms with Gasteiger partial charge >= 0.3 is 6.36 Å². The number of ether oxygens (including phenoxy) is 1. The average molecular weight is 394 g/mol. The molecule has 0 bridgehead atoms. The molecule has 0 N–H and O–H groups in total. The first-order valence-corrected chi connectivity index (χ1v) is 8.57. The standard InChI is InChI=1S/C20H18F4N2O2/c1-2-3-4-19(27)26(17-10-15(12-25)9-16(21)11-17)13-14-5-7-18(8-6-14)28-20(22,23)24/h5-11H,2-4,13H2,1H3. The molecule has 2 aromatic carbocycles. The van der Waals surface area contributed by atoms with Crippen LogP contribution in [0.4, 0.5) is 23.2 Å². The van der Waals surface area contributed by atoms with E-state index >= 15 is 0 Å². The van der Waals surface area contributed by atoms with Crippen LogP contribution in [0.3, 0.4) is 0 Å². The Balaban J connectivity index is 2.29. The van der Waals surface area contributed by atoms with Crippen LogP contribution in [0, 0.1) is 17.1 Å². The highest BCUT2D eigenvalue weighted by Crippen LogP contribution is 2.25. The first kappa shape index (κ1) is 21.2. The van der Waals surface area contributed by atoms with Crippen LogP contribution in [0.5, 0.6) is 5.75 Å². The van der Waals surface area contributed by atoms with Crippen LogP contribution < -0.4 is 9.64 Å². The highest BCUT2D eigenvalue weighted by atomic mass is 19.4. The fourth-order valence-electron chi connectivity index (χ4n) is 2.56. The van der Waals surface area contributed by atoms with Crippen molar-refractivity contribution < 1.29 is 27.1 Å². The Morgan fingerprint density at radius 1 is 1.18 bits per heavy atom. The van der Waals surface area contributed by atoms with Gasteiger partial charge in [-0.1, -0.05) is 25.5 Å². The van der Waals surface area contributed by atoms with Gasteiger partial charge in [-0.05, 0) is 42.3 Å². The van der Waals surface area contributed by atoms with Crippen molar-refractivity contribution in [3.05, 3.63) is 59.4 Å². The van der Waals surface area contributed by atoms with E-state index in [0.29, 0.717) is 12.0 Å². The second-order valence-electron chi connectivity index (χ2n) is 6.09. The first-order chi connectivity index (χ1) is 13.2. The first-order valence-electron chi connectivity index (χ1n) is 8.57. The van der Waals surface area contributed by atoms with Crippen molar-refractivity contribution in [1.29, 1.82) is 5.26 Å². The smallest absolute Gasteiger partial charge is 0.406 e. The molecule has 0 fully saturated rings. The molecule has 0 aromatic heterocycles. The zero-order valence-corrected chi connectivity index (χ0v) is 15.1. The number of halogens is 4. The zero-order chi connectivity index (χ0) is 20.7. The molecule has 148 valence electrons. The number of nitriles is 1. The SMILES string of the molecule is CCCCC(=O)N(Cc1ccc(OC(F)(F)F)cc1)c1cc(F)cc(C#N)c1. The van der Waals surface area contributed by atoms with Crippen LogP contribution in [-0.4, -0.2) is 12.3 Å². The lowest BCUT2D eigenvalue weighted by Crippen LogP contribution is -2.30. The molecule has 1 amide bonds. The van der Waals surface area contributed by atoms with Crippen LogP contribution in [0.1, 0.15) is 37.3 Å². The van der Waals surface area contributed by atoms with Gasteiger partial charge in [0, 0.05) is 12.1 Å². The lowest BCUT2D eigenvalue weighted by atomic mass is 10.1. The number of anilines is 1. The molecule has 2 rings (SSSR count). The number of amides is 1. The van der Waals surface area contributed by atoms with Gasteiger partial charge in [0.05, 0.1) is 18.2 Å². The van der Waals surface area contributed by atoms with Gasteiger partial charge in [-0.3, -0.25) is 4.79 Å². The van der Waals surface area contributed by atoms with Gasteiger partial charge in [0.15, 0.2) is 0 Å². The molecule has 0 saturated carbocycles. The fourth-order valence-corrected chi connectivity index (χ4v) is 2.56. The quantitative estimate of drug-likeness (QED) is 0.598. The number of carbonyl (C=O) groups excluding carboxylic acids is 1. The number of carbonyl (C=O) groups is 1. The Hall–Kier alpha value is -3.08. The molecule has 0 spiro atoms. The summed E-state index contributed by atoms with van der Waals surface area (Å²) in [4.78, 5) is 13.9. The normalized spacial score (nSPS) is 11.0. The maximum atomic E-state index is 13.8. The van der Waals surface area contributed by atoms with Crippen molar-refractivity contribution >= 4 is 11.6 Å². The molecule has 8 heteroatoms. The lowest BCUT2D eigenvalue weighted by Gasteiger charge is -2.23. The molecule has 4 nitrogen and oxygen atoms in total. The summed E-state index contributed by atoms with van der Waals surface area (Å²) in [5.41, 5.74) is 0.813. The third kappa shape index (κ3) is 6.27. The Morgan fingerprint density at radius 3 is 2.43 bits per heavy atom. The summed E-state index contributed by atoms with van der Waals surface area (Å²) in [5, 5.41) is 9.04. The molecule has 0 aliphatic heterocycles. The number of nitrogens with zero attached hydrogens (tertiary/aromatic N) is 2. The monoisotopic (exact) mass is 394 g/mol. The van der Waals surface area contributed by atoms with Gasteiger partial charge in [0.2, 0.25) is 5.91 Å². The summed E-state index contributed by atoms with van der Waals surface area (Å²) >= 11 is 0. The fraction of sp³-hybridized carbons (Fsp3) is 0.300. The Morgan fingerprint density at radius 2 is 1.86 bits per heavy atom. The minimum absolute atomic E-state index is 0.0170. The van der Waals surface area contributed by atoms with Crippen LogP contribution in [0.15, 0.2) is 42.5 Å². The number of alkyl halides is 3. The Kier molecular flexibility index (Phi) is 6.99. The highest BCUT2D eigenvalue weighted by Gasteiger charge is 2.31. The van der Waals surface area contributed by atoms with E-state index in [2.05, 4.69) is 4.74 Å². The van der Waals surface area contributed by atoms with E-state index in [1.165, 1.54) is 23.1 Å². The molecule has 0 heterocycles.